The lowest BCUT2D eigenvalue weighted by molar-refractivity contribution is -0.123. The molecule has 5 nitrogen and oxygen atoms in total. The van der Waals surface area contributed by atoms with Gasteiger partial charge in [0.25, 0.3) is 5.91 Å². The topological polar surface area (TPSA) is 54.3 Å². The van der Waals surface area contributed by atoms with E-state index in [0.29, 0.717) is 12.1 Å². The summed E-state index contributed by atoms with van der Waals surface area (Å²) in [5.41, 5.74) is 3.49. The fraction of sp³-hybridized carbons (Fsp3) is 0.0769. The highest BCUT2D eigenvalue weighted by Crippen LogP contribution is 2.26. The van der Waals surface area contributed by atoms with Crippen molar-refractivity contribution in [3.63, 3.8) is 0 Å². The van der Waals surface area contributed by atoms with Crippen LogP contribution in [0.3, 0.4) is 0 Å². The Bertz CT molecular complexity index is 1390. The molecule has 1 saturated heterocycles. The highest BCUT2D eigenvalue weighted by atomic mass is 19.1. The van der Waals surface area contributed by atoms with Crippen molar-refractivity contribution in [2.75, 3.05) is 0 Å². The number of nitrogens with one attached hydrogen (secondary N) is 1. The fourth-order valence-electron chi connectivity index (χ4n) is 3.95. The van der Waals surface area contributed by atoms with Gasteiger partial charge in [-0.25, -0.2) is 13.6 Å². The third kappa shape index (κ3) is 4.13. The summed E-state index contributed by atoms with van der Waals surface area (Å²) in [5.74, 6) is -1.12. The summed E-state index contributed by atoms with van der Waals surface area (Å²) in [6.07, 6.45) is 3.57. The summed E-state index contributed by atoms with van der Waals surface area (Å²) >= 11 is 0. The van der Waals surface area contributed by atoms with Gasteiger partial charge in [-0.3, -0.25) is 9.69 Å². The number of para-hydroxylation sites is 1. The first-order valence-corrected chi connectivity index (χ1v) is 10.4. The molecular weight excluding hydrogens is 424 g/mol. The third-order valence-electron chi connectivity index (χ3n) is 5.60. The van der Waals surface area contributed by atoms with Crippen LogP contribution in [0, 0.1) is 11.6 Å². The molecule has 7 heteroatoms. The molecule has 3 aromatic carbocycles. The SMILES string of the molecule is O=C1NC(=Cc2cn(Cc3ccc(F)cc3)c3ccccc23)C(=O)N1Cc1ccc(F)cc1. The molecule has 0 aliphatic carbocycles. The van der Waals surface area contributed by atoms with Gasteiger partial charge in [-0.2, -0.15) is 0 Å². The van der Waals surface area contributed by atoms with E-state index in [1.165, 1.54) is 24.3 Å². The summed E-state index contributed by atoms with van der Waals surface area (Å²) in [6, 6.07) is 19.2. The number of fused-ring (bicyclic) bond motifs is 1. The summed E-state index contributed by atoms with van der Waals surface area (Å²) in [6.45, 7) is 0.579. The highest BCUT2D eigenvalue weighted by Gasteiger charge is 2.33. The molecule has 0 unspecified atom stereocenters. The van der Waals surface area contributed by atoms with Crippen LogP contribution in [0.25, 0.3) is 17.0 Å². The second kappa shape index (κ2) is 8.35. The van der Waals surface area contributed by atoms with Crippen LogP contribution in [0.5, 0.6) is 0 Å². The van der Waals surface area contributed by atoms with Crippen molar-refractivity contribution >= 4 is 28.9 Å². The van der Waals surface area contributed by atoms with Gasteiger partial charge in [0.15, 0.2) is 0 Å². The predicted molar refractivity (Wildman–Crippen MR) is 121 cm³/mol. The van der Waals surface area contributed by atoms with Crippen LogP contribution >= 0.6 is 0 Å². The molecule has 1 aliphatic rings. The molecule has 1 fully saturated rings. The minimum atomic E-state index is -0.523. The van der Waals surface area contributed by atoms with Gasteiger partial charge in [-0.15, -0.1) is 0 Å². The molecule has 1 N–H and O–H groups in total. The first-order chi connectivity index (χ1) is 16.0. The maximum atomic E-state index is 13.3. The number of carbonyl (C=O) groups is 2. The molecule has 0 saturated carbocycles. The molecule has 1 aliphatic heterocycles. The maximum absolute atomic E-state index is 13.3. The number of amides is 3. The van der Waals surface area contributed by atoms with Crippen LogP contribution < -0.4 is 5.32 Å². The summed E-state index contributed by atoms with van der Waals surface area (Å²) < 4.78 is 28.4. The minimum Gasteiger partial charge on any atom is -0.342 e. The third-order valence-corrected chi connectivity index (χ3v) is 5.60. The molecule has 33 heavy (non-hydrogen) atoms. The van der Waals surface area contributed by atoms with Gasteiger partial charge in [-0.05, 0) is 47.5 Å². The van der Waals surface area contributed by atoms with Gasteiger partial charge in [0.2, 0.25) is 0 Å². The largest absolute Gasteiger partial charge is 0.342 e. The maximum Gasteiger partial charge on any atom is 0.329 e. The molecule has 164 valence electrons. The Hall–Kier alpha value is -4.26. The second-order valence-electron chi connectivity index (χ2n) is 7.86. The lowest BCUT2D eigenvalue weighted by Gasteiger charge is -2.11. The van der Waals surface area contributed by atoms with Gasteiger partial charge >= 0.3 is 6.03 Å². The van der Waals surface area contributed by atoms with Crippen LogP contribution in [-0.4, -0.2) is 21.4 Å². The molecule has 4 aromatic rings. The molecular formula is C26H19F2N3O2. The molecule has 3 amide bonds. The standard InChI is InChI=1S/C26H19F2N3O2/c27-20-9-5-17(6-10-20)14-30-16-19(22-3-1-2-4-24(22)30)13-23-25(32)31(26(33)29-23)15-18-7-11-21(28)12-8-18/h1-13,16H,14-15H2,(H,29,33). The smallest absolute Gasteiger partial charge is 0.329 e. The summed E-state index contributed by atoms with van der Waals surface area (Å²) in [7, 11) is 0. The number of hydrogen-bond acceptors (Lipinski definition) is 2. The van der Waals surface area contributed by atoms with Gasteiger partial charge in [0.05, 0.1) is 6.54 Å². The molecule has 0 bridgehead atoms. The number of rotatable bonds is 5. The van der Waals surface area contributed by atoms with Gasteiger partial charge < -0.3 is 9.88 Å². The molecule has 0 radical (unpaired) electrons. The van der Waals surface area contributed by atoms with E-state index in [4.69, 9.17) is 0 Å². The zero-order valence-electron chi connectivity index (χ0n) is 17.5. The normalized spacial score (nSPS) is 15.0. The van der Waals surface area contributed by atoms with Crippen LogP contribution in [0.1, 0.15) is 16.7 Å². The number of hydrogen-bond donors (Lipinski definition) is 1. The van der Waals surface area contributed by atoms with Crippen LogP contribution in [0.15, 0.2) is 84.7 Å². The monoisotopic (exact) mass is 443 g/mol. The van der Waals surface area contributed by atoms with E-state index < -0.39 is 11.9 Å². The van der Waals surface area contributed by atoms with E-state index in [1.54, 1.807) is 30.3 Å². The predicted octanol–water partition coefficient (Wildman–Crippen LogP) is 5.06. The fourth-order valence-corrected chi connectivity index (χ4v) is 3.95. The molecule has 0 atom stereocenters. The van der Waals surface area contributed by atoms with Crippen LogP contribution in [0.2, 0.25) is 0 Å². The van der Waals surface area contributed by atoms with E-state index in [2.05, 4.69) is 5.32 Å². The lowest BCUT2D eigenvalue weighted by Crippen LogP contribution is -2.30. The van der Waals surface area contributed by atoms with Crippen LogP contribution in [-0.2, 0) is 17.9 Å². The average molecular weight is 443 g/mol. The van der Waals surface area contributed by atoms with Crippen molar-refractivity contribution in [1.29, 1.82) is 0 Å². The highest BCUT2D eigenvalue weighted by molar-refractivity contribution is 6.14. The summed E-state index contributed by atoms with van der Waals surface area (Å²) in [4.78, 5) is 26.4. The van der Waals surface area contributed by atoms with E-state index in [9.17, 15) is 18.4 Å². The number of imide groups is 1. The number of nitrogens with zero attached hydrogens (tertiary/aromatic N) is 2. The Morgan fingerprint density at radius 3 is 2.06 bits per heavy atom. The Morgan fingerprint density at radius 2 is 1.39 bits per heavy atom. The Balaban J connectivity index is 1.45. The lowest BCUT2D eigenvalue weighted by atomic mass is 10.1. The zero-order chi connectivity index (χ0) is 22.9. The van der Waals surface area contributed by atoms with E-state index in [0.717, 1.165) is 26.9 Å². The number of benzene rings is 3. The number of urea groups is 1. The van der Waals surface area contributed by atoms with Crippen molar-refractivity contribution in [1.82, 2.24) is 14.8 Å². The molecule has 0 spiro atoms. The summed E-state index contributed by atoms with van der Waals surface area (Å²) in [5, 5.41) is 3.56. The second-order valence-corrected chi connectivity index (χ2v) is 7.86. The average Bonchev–Trinajstić information content (AvgIpc) is 3.29. The minimum absolute atomic E-state index is 0.0502. The molecule has 1 aromatic heterocycles. The van der Waals surface area contributed by atoms with Gasteiger partial charge in [0.1, 0.15) is 17.3 Å². The van der Waals surface area contributed by atoms with Gasteiger partial charge in [-0.1, -0.05) is 42.5 Å². The van der Waals surface area contributed by atoms with Gasteiger partial charge in [0, 0.05) is 29.2 Å². The van der Waals surface area contributed by atoms with Crippen molar-refractivity contribution in [2.45, 2.75) is 13.1 Å². The van der Waals surface area contributed by atoms with E-state index in [1.807, 2.05) is 35.0 Å². The quantitative estimate of drug-likeness (QED) is 0.346. The number of aromatic nitrogens is 1. The number of halogens is 2. The van der Waals surface area contributed by atoms with Crippen molar-refractivity contribution < 1.29 is 18.4 Å². The Morgan fingerprint density at radius 1 is 0.788 bits per heavy atom. The van der Waals surface area contributed by atoms with E-state index in [-0.39, 0.29) is 23.9 Å². The first kappa shape index (κ1) is 20.6. The zero-order valence-corrected chi connectivity index (χ0v) is 17.5. The van der Waals surface area contributed by atoms with Crippen molar-refractivity contribution in [3.05, 3.63) is 113 Å². The molecule has 2 heterocycles. The first-order valence-electron chi connectivity index (χ1n) is 10.4. The van der Waals surface area contributed by atoms with Crippen LogP contribution in [0.4, 0.5) is 13.6 Å². The van der Waals surface area contributed by atoms with Crippen molar-refractivity contribution in [2.24, 2.45) is 0 Å². The molecule has 5 rings (SSSR count). The Kier molecular flexibility index (Phi) is 5.22. The van der Waals surface area contributed by atoms with E-state index >= 15 is 0 Å². The number of carbonyl (C=O) groups excluding carboxylic acids is 2. The Labute approximate surface area is 188 Å². The van der Waals surface area contributed by atoms with Crippen molar-refractivity contribution in [3.8, 4) is 0 Å².